The molecule has 3 heterocycles. The van der Waals surface area contributed by atoms with E-state index in [1.165, 1.54) is 0 Å². The number of anilines is 1. The molecule has 0 atom stereocenters. The van der Waals surface area contributed by atoms with Crippen LogP contribution in [0.2, 0.25) is 0 Å². The number of hydrogen-bond donors (Lipinski definition) is 0. The summed E-state index contributed by atoms with van der Waals surface area (Å²) in [5.41, 5.74) is 0. The van der Waals surface area contributed by atoms with Gasteiger partial charge in [-0.25, -0.2) is 9.78 Å². The average Bonchev–Trinajstić information content (AvgIpc) is 3.19. The van der Waals surface area contributed by atoms with Gasteiger partial charge in [-0.1, -0.05) is 6.07 Å². The Bertz CT molecular complexity index is 723. The summed E-state index contributed by atoms with van der Waals surface area (Å²) in [6, 6.07) is 9.16. The van der Waals surface area contributed by atoms with Crippen LogP contribution in [0.25, 0.3) is 0 Å². The number of urea groups is 1. The molecule has 0 aromatic carbocycles. The molecule has 1 aliphatic rings. The number of nitrogens with zero attached hydrogens (tertiary/aromatic N) is 4. The van der Waals surface area contributed by atoms with E-state index >= 15 is 0 Å². The summed E-state index contributed by atoms with van der Waals surface area (Å²) < 4.78 is 5.42. The summed E-state index contributed by atoms with van der Waals surface area (Å²) in [6.07, 6.45) is 4.58. The number of aromatic nitrogens is 1. The van der Waals surface area contributed by atoms with Crippen molar-refractivity contribution < 1.29 is 14.0 Å². The van der Waals surface area contributed by atoms with Gasteiger partial charge in [-0.05, 0) is 37.1 Å². The summed E-state index contributed by atoms with van der Waals surface area (Å²) in [5.74, 6) is 1.22. The van der Waals surface area contributed by atoms with Crippen LogP contribution in [-0.2, 0) is 11.3 Å². The fourth-order valence-electron chi connectivity index (χ4n) is 3.16. The van der Waals surface area contributed by atoms with Gasteiger partial charge in [-0.15, -0.1) is 0 Å². The number of piperidine rings is 1. The summed E-state index contributed by atoms with van der Waals surface area (Å²) in [7, 11) is 3.48. The molecule has 1 aliphatic heterocycles. The van der Waals surface area contributed by atoms with Crippen LogP contribution in [-0.4, -0.2) is 53.9 Å². The van der Waals surface area contributed by atoms with Gasteiger partial charge in [-0.3, -0.25) is 9.69 Å². The zero-order valence-corrected chi connectivity index (χ0v) is 15.2. The van der Waals surface area contributed by atoms with Crippen molar-refractivity contribution >= 4 is 17.8 Å². The predicted octanol–water partition coefficient (Wildman–Crippen LogP) is 2.60. The summed E-state index contributed by atoms with van der Waals surface area (Å²) >= 11 is 0. The lowest BCUT2D eigenvalue weighted by molar-refractivity contribution is -0.123. The molecule has 0 N–H and O–H groups in total. The second-order valence-electron chi connectivity index (χ2n) is 6.63. The molecule has 2 aromatic rings. The van der Waals surface area contributed by atoms with Crippen molar-refractivity contribution in [3.63, 3.8) is 0 Å². The number of furan rings is 1. The monoisotopic (exact) mass is 356 g/mol. The van der Waals surface area contributed by atoms with E-state index in [-0.39, 0.29) is 17.9 Å². The standard InChI is InChI=1S/C19H24N4O3/c1-21(2)19(25)22-11-8-15(9-12-22)18(24)23(14-16-6-5-13-26-16)17-7-3-4-10-20-17/h3-7,10,13,15H,8-9,11-12,14H2,1-2H3. The summed E-state index contributed by atoms with van der Waals surface area (Å²) in [4.78, 5) is 34.6. The van der Waals surface area contributed by atoms with Crippen LogP contribution in [0.3, 0.4) is 0 Å². The molecule has 26 heavy (non-hydrogen) atoms. The van der Waals surface area contributed by atoms with E-state index in [2.05, 4.69) is 4.98 Å². The van der Waals surface area contributed by atoms with Gasteiger partial charge in [0.25, 0.3) is 0 Å². The lowest BCUT2D eigenvalue weighted by Gasteiger charge is -2.35. The van der Waals surface area contributed by atoms with Crippen molar-refractivity contribution in [2.75, 3.05) is 32.1 Å². The van der Waals surface area contributed by atoms with Crippen molar-refractivity contribution in [3.05, 3.63) is 48.6 Å². The molecule has 0 unspecified atom stereocenters. The highest BCUT2D eigenvalue weighted by Crippen LogP contribution is 2.24. The quantitative estimate of drug-likeness (QED) is 0.844. The third-order valence-electron chi connectivity index (χ3n) is 4.58. The number of likely N-dealkylation sites (tertiary alicyclic amines) is 1. The van der Waals surface area contributed by atoms with Gasteiger partial charge >= 0.3 is 6.03 Å². The Balaban J connectivity index is 1.71. The third-order valence-corrected chi connectivity index (χ3v) is 4.58. The van der Waals surface area contributed by atoms with Crippen molar-refractivity contribution in [3.8, 4) is 0 Å². The van der Waals surface area contributed by atoms with Crippen LogP contribution in [0, 0.1) is 5.92 Å². The molecule has 0 radical (unpaired) electrons. The molecule has 0 aliphatic carbocycles. The van der Waals surface area contributed by atoms with E-state index in [1.54, 1.807) is 41.3 Å². The second-order valence-corrected chi connectivity index (χ2v) is 6.63. The van der Waals surface area contributed by atoms with E-state index in [1.807, 2.05) is 30.3 Å². The van der Waals surface area contributed by atoms with Crippen molar-refractivity contribution in [1.82, 2.24) is 14.8 Å². The molecule has 3 rings (SSSR count). The molecule has 1 fully saturated rings. The fraction of sp³-hybridized carbons (Fsp3) is 0.421. The van der Waals surface area contributed by atoms with Crippen molar-refractivity contribution in [2.45, 2.75) is 19.4 Å². The zero-order chi connectivity index (χ0) is 18.5. The number of carbonyl (C=O) groups excluding carboxylic acids is 2. The maximum atomic E-state index is 13.2. The third kappa shape index (κ3) is 4.04. The number of amides is 3. The van der Waals surface area contributed by atoms with Crippen LogP contribution in [0.15, 0.2) is 47.2 Å². The Morgan fingerprint density at radius 3 is 2.54 bits per heavy atom. The smallest absolute Gasteiger partial charge is 0.319 e. The van der Waals surface area contributed by atoms with Crippen molar-refractivity contribution in [1.29, 1.82) is 0 Å². The molecular weight excluding hydrogens is 332 g/mol. The minimum atomic E-state index is -0.127. The first-order chi connectivity index (χ1) is 12.6. The fourth-order valence-corrected chi connectivity index (χ4v) is 3.16. The Morgan fingerprint density at radius 1 is 1.19 bits per heavy atom. The molecule has 0 spiro atoms. The van der Waals surface area contributed by atoms with Gasteiger partial charge in [0.15, 0.2) is 0 Å². The van der Waals surface area contributed by atoms with Crippen LogP contribution in [0.4, 0.5) is 10.6 Å². The molecule has 7 heteroatoms. The highest BCUT2D eigenvalue weighted by molar-refractivity contribution is 5.94. The molecule has 2 aromatic heterocycles. The molecule has 3 amide bonds. The second kappa shape index (κ2) is 8.03. The van der Waals surface area contributed by atoms with Gasteiger partial charge < -0.3 is 14.2 Å². The van der Waals surface area contributed by atoms with Crippen molar-refractivity contribution in [2.24, 2.45) is 5.92 Å². The van der Waals surface area contributed by atoms with Crippen LogP contribution >= 0.6 is 0 Å². The van der Waals surface area contributed by atoms with Crippen LogP contribution < -0.4 is 4.90 Å². The minimum Gasteiger partial charge on any atom is -0.467 e. The van der Waals surface area contributed by atoms with Gasteiger partial charge in [0, 0.05) is 39.3 Å². The molecule has 0 saturated carbocycles. The topological polar surface area (TPSA) is 69.9 Å². The Kier molecular flexibility index (Phi) is 5.55. The van der Waals surface area contributed by atoms with E-state index in [0.29, 0.717) is 44.1 Å². The SMILES string of the molecule is CN(C)C(=O)N1CCC(C(=O)N(Cc2ccco2)c2ccccn2)CC1. The molecular formula is C19H24N4O3. The average molecular weight is 356 g/mol. The predicted molar refractivity (Wildman–Crippen MR) is 97.5 cm³/mol. The van der Waals surface area contributed by atoms with Crippen LogP contribution in [0.1, 0.15) is 18.6 Å². The first-order valence-corrected chi connectivity index (χ1v) is 8.77. The first kappa shape index (κ1) is 18.0. The largest absolute Gasteiger partial charge is 0.467 e. The van der Waals surface area contributed by atoms with Crippen LogP contribution in [0.5, 0.6) is 0 Å². The number of pyridine rings is 1. The maximum Gasteiger partial charge on any atom is 0.319 e. The molecule has 138 valence electrons. The Labute approximate surface area is 153 Å². The first-order valence-electron chi connectivity index (χ1n) is 8.77. The normalized spacial score (nSPS) is 14.9. The molecule has 1 saturated heterocycles. The van der Waals surface area contributed by atoms with Gasteiger partial charge in [0.2, 0.25) is 5.91 Å². The lowest BCUT2D eigenvalue weighted by Crippen LogP contribution is -2.47. The summed E-state index contributed by atoms with van der Waals surface area (Å²) in [6.45, 7) is 1.52. The lowest BCUT2D eigenvalue weighted by atomic mass is 9.95. The zero-order valence-electron chi connectivity index (χ0n) is 15.2. The maximum absolute atomic E-state index is 13.2. The number of rotatable bonds is 4. The molecule has 7 nitrogen and oxygen atoms in total. The molecule has 0 bridgehead atoms. The van der Waals surface area contributed by atoms with E-state index in [0.717, 1.165) is 0 Å². The summed E-state index contributed by atoms with van der Waals surface area (Å²) in [5, 5.41) is 0. The van der Waals surface area contributed by atoms with Gasteiger partial charge in [0.1, 0.15) is 11.6 Å². The number of hydrogen-bond acceptors (Lipinski definition) is 4. The highest BCUT2D eigenvalue weighted by Gasteiger charge is 2.32. The Hall–Kier alpha value is -2.83. The Morgan fingerprint density at radius 2 is 1.96 bits per heavy atom. The van der Waals surface area contributed by atoms with E-state index in [4.69, 9.17) is 4.42 Å². The van der Waals surface area contributed by atoms with Gasteiger partial charge in [0.05, 0.1) is 12.8 Å². The van der Waals surface area contributed by atoms with E-state index in [9.17, 15) is 9.59 Å². The minimum absolute atomic E-state index is 0.00642. The number of carbonyl (C=O) groups is 2. The van der Waals surface area contributed by atoms with Gasteiger partial charge in [-0.2, -0.15) is 0 Å². The van der Waals surface area contributed by atoms with E-state index < -0.39 is 0 Å². The highest BCUT2D eigenvalue weighted by atomic mass is 16.3.